The van der Waals surface area contributed by atoms with Gasteiger partial charge in [-0.05, 0) is 40.8 Å². The van der Waals surface area contributed by atoms with E-state index in [4.69, 9.17) is 16.0 Å². The highest BCUT2D eigenvalue weighted by Gasteiger charge is 2.51. The lowest BCUT2D eigenvalue weighted by Gasteiger charge is -2.44. The monoisotopic (exact) mass is 414 g/mol. The summed E-state index contributed by atoms with van der Waals surface area (Å²) in [4.78, 5) is 11.0. The van der Waals surface area contributed by atoms with Gasteiger partial charge < -0.3 is 4.43 Å². The first-order valence-electron chi connectivity index (χ1n) is 9.92. The Morgan fingerprint density at radius 2 is 1.50 bits per heavy atom. The number of carbonyl (C=O) groups excluding carboxylic acids is 1. The third kappa shape index (κ3) is 5.44. The predicted molar refractivity (Wildman–Crippen MR) is 122 cm³/mol. The molecule has 1 atom stereocenters. The second kappa shape index (κ2) is 10.8. The number of unbranched alkanes of at least 4 members (excludes halogenated alkanes) is 1. The first-order valence-corrected chi connectivity index (χ1v) is 12.4. The number of alkyl halides is 1. The molecule has 150 valence electrons. The first kappa shape index (κ1) is 22.6. The van der Waals surface area contributed by atoms with E-state index in [0.29, 0.717) is 5.88 Å². The molecule has 2 aromatic rings. The van der Waals surface area contributed by atoms with Gasteiger partial charge in [0.1, 0.15) is 6.29 Å². The van der Waals surface area contributed by atoms with E-state index in [-0.39, 0.29) is 11.1 Å². The van der Waals surface area contributed by atoms with Gasteiger partial charge in [0.05, 0.1) is 6.10 Å². The van der Waals surface area contributed by atoms with Gasteiger partial charge in [-0.1, -0.05) is 87.5 Å². The van der Waals surface area contributed by atoms with Crippen LogP contribution in [0.5, 0.6) is 0 Å². The second-order valence-electron chi connectivity index (χ2n) is 8.03. The van der Waals surface area contributed by atoms with Crippen molar-refractivity contribution < 1.29 is 9.22 Å². The highest BCUT2D eigenvalue weighted by Crippen LogP contribution is 2.38. The maximum Gasteiger partial charge on any atom is 0.261 e. The predicted octanol–water partition coefficient (Wildman–Crippen LogP) is 5.10. The molecule has 0 N–H and O–H groups in total. The quantitative estimate of drug-likeness (QED) is 0.178. The Morgan fingerprint density at radius 3 is 1.93 bits per heavy atom. The first-order chi connectivity index (χ1) is 13.5. The minimum Gasteiger partial charge on any atom is -0.401 e. The van der Waals surface area contributed by atoms with Crippen LogP contribution in [0, 0.1) is 0 Å². The van der Waals surface area contributed by atoms with Gasteiger partial charge in [0.25, 0.3) is 8.32 Å². The zero-order valence-corrected chi connectivity index (χ0v) is 18.9. The molecule has 2 nitrogen and oxygen atoms in total. The van der Waals surface area contributed by atoms with Gasteiger partial charge in [-0.2, -0.15) is 0 Å². The van der Waals surface area contributed by atoms with Crippen molar-refractivity contribution in [3.8, 4) is 0 Å². The molecule has 0 spiro atoms. The van der Waals surface area contributed by atoms with Gasteiger partial charge in [0, 0.05) is 5.88 Å². The summed E-state index contributed by atoms with van der Waals surface area (Å²) in [6.07, 6.45) is 6.92. The fraction of sp³-hybridized carbons (Fsp3) is 0.375. The molecule has 0 saturated carbocycles. The fourth-order valence-corrected chi connectivity index (χ4v) is 8.58. The summed E-state index contributed by atoms with van der Waals surface area (Å²) in [6.45, 7) is 6.79. The number of benzene rings is 2. The third-order valence-electron chi connectivity index (χ3n) is 5.02. The van der Waals surface area contributed by atoms with Crippen LogP contribution in [-0.2, 0) is 9.22 Å². The van der Waals surface area contributed by atoms with Crippen LogP contribution < -0.4 is 10.4 Å². The Kier molecular flexibility index (Phi) is 8.68. The highest BCUT2D eigenvalue weighted by atomic mass is 35.5. The lowest BCUT2D eigenvalue weighted by atomic mass is 10.1. The van der Waals surface area contributed by atoms with E-state index in [1.165, 1.54) is 10.4 Å². The number of hydrogen-bond acceptors (Lipinski definition) is 2. The van der Waals surface area contributed by atoms with Crippen LogP contribution in [0.1, 0.15) is 40.0 Å². The maximum absolute atomic E-state index is 11.0. The van der Waals surface area contributed by atoms with Crippen molar-refractivity contribution in [2.75, 3.05) is 5.88 Å². The number of halogens is 1. The van der Waals surface area contributed by atoms with Crippen LogP contribution >= 0.6 is 11.6 Å². The number of hydrogen-bond donors (Lipinski definition) is 0. The Morgan fingerprint density at radius 1 is 0.964 bits per heavy atom. The van der Waals surface area contributed by atoms with E-state index in [1.807, 2.05) is 18.2 Å². The zero-order valence-electron chi connectivity index (χ0n) is 17.1. The molecule has 0 fully saturated rings. The molecule has 0 aliphatic heterocycles. The Labute approximate surface area is 175 Å². The topological polar surface area (TPSA) is 26.3 Å². The lowest BCUT2D eigenvalue weighted by Crippen LogP contribution is -2.67. The van der Waals surface area contributed by atoms with Crippen LogP contribution in [0.3, 0.4) is 0 Å². The average molecular weight is 415 g/mol. The Hall–Kier alpha value is -1.68. The van der Waals surface area contributed by atoms with Crippen molar-refractivity contribution in [1.29, 1.82) is 0 Å². The molecule has 0 bridgehead atoms. The summed E-state index contributed by atoms with van der Waals surface area (Å²) in [5.41, 5.74) is 0. The molecule has 0 aromatic heterocycles. The second-order valence-corrected chi connectivity index (χ2v) is 12.7. The van der Waals surface area contributed by atoms with E-state index < -0.39 is 8.32 Å². The minimum absolute atomic E-state index is 0.0878. The summed E-state index contributed by atoms with van der Waals surface area (Å²) >= 11 is 5.88. The Balaban J connectivity index is 2.58. The SMILES string of the molecule is CC(C)(C)[Si](O[C@H](/C=C/C=O)CCCCCl)(c1ccccc1)c1ccccc1. The van der Waals surface area contributed by atoms with Crippen molar-refractivity contribution in [1.82, 2.24) is 0 Å². The maximum atomic E-state index is 11.0. The number of allylic oxidation sites excluding steroid dienone is 1. The molecule has 0 amide bonds. The molecule has 4 heteroatoms. The van der Waals surface area contributed by atoms with Gasteiger partial charge in [-0.25, -0.2) is 0 Å². The molecular formula is C24H31ClO2Si. The van der Waals surface area contributed by atoms with Gasteiger partial charge in [-0.3, -0.25) is 4.79 Å². The summed E-state index contributed by atoms with van der Waals surface area (Å²) in [5, 5.41) is 2.40. The largest absolute Gasteiger partial charge is 0.401 e. The smallest absolute Gasteiger partial charge is 0.261 e. The van der Waals surface area contributed by atoms with Crippen LogP contribution in [0.15, 0.2) is 72.8 Å². The van der Waals surface area contributed by atoms with Crippen molar-refractivity contribution in [2.45, 2.75) is 51.2 Å². The molecule has 0 radical (unpaired) electrons. The van der Waals surface area contributed by atoms with E-state index >= 15 is 0 Å². The summed E-state index contributed by atoms with van der Waals surface area (Å²) < 4.78 is 7.07. The normalized spacial score (nSPS) is 13.6. The molecule has 28 heavy (non-hydrogen) atoms. The molecule has 0 saturated heterocycles. The fourth-order valence-electron chi connectivity index (χ4n) is 3.72. The molecular weight excluding hydrogens is 384 g/mol. The van der Waals surface area contributed by atoms with Crippen LogP contribution in [-0.4, -0.2) is 26.6 Å². The summed E-state index contributed by atoms with van der Waals surface area (Å²) in [7, 11) is -2.62. The van der Waals surface area contributed by atoms with E-state index in [1.54, 1.807) is 6.08 Å². The van der Waals surface area contributed by atoms with Crippen molar-refractivity contribution >= 4 is 36.6 Å². The number of carbonyl (C=O) groups is 1. The molecule has 0 unspecified atom stereocenters. The van der Waals surface area contributed by atoms with Crippen LogP contribution in [0.25, 0.3) is 0 Å². The third-order valence-corrected chi connectivity index (χ3v) is 10.4. The summed E-state index contributed by atoms with van der Waals surface area (Å²) in [6, 6.07) is 21.2. The lowest BCUT2D eigenvalue weighted by molar-refractivity contribution is -0.104. The number of rotatable bonds is 10. The highest BCUT2D eigenvalue weighted by molar-refractivity contribution is 6.99. The summed E-state index contributed by atoms with van der Waals surface area (Å²) in [5.74, 6) is 0.642. The van der Waals surface area contributed by atoms with E-state index in [9.17, 15) is 4.79 Å². The molecule has 0 aliphatic carbocycles. The standard InChI is InChI=1S/C24H31ClO2Si/c1-24(2,3)28(22-15-6-4-7-16-22,23-17-8-5-9-18-23)27-21(14-12-20-26)13-10-11-19-25/h4-9,12,14-18,20-21H,10-11,13,19H2,1-3H3/b14-12+/t21-/m0/s1. The van der Waals surface area contributed by atoms with Gasteiger partial charge in [-0.15, -0.1) is 11.6 Å². The molecule has 2 aromatic carbocycles. The number of aldehydes is 1. The van der Waals surface area contributed by atoms with Crippen LogP contribution in [0.4, 0.5) is 0 Å². The minimum atomic E-state index is -2.62. The van der Waals surface area contributed by atoms with Gasteiger partial charge in [0.15, 0.2) is 0 Å². The average Bonchev–Trinajstić information content (AvgIpc) is 2.70. The van der Waals surface area contributed by atoms with Crippen molar-refractivity contribution in [3.63, 3.8) is 0 Å². The molecule has 0 heterocycles. The molecule has 2 rings (SSSR count). The van der Waals surface area contributed by atoms with E-state index in [2.05, 4.69) is 69.3 Å². The zero-order chi connectivity index (χ0) is 20.5. The van der Waals surface area contributed by atoms with Gasteiger partial charge in [0.2, 0.25) is 0 Å². The molecule has 0 aliphatic rings. The van der Waals surface area contributed by atoms with Gasteiger partial charge >= 0.3 is 0 Å². The Bertz CT molecular complexity index is 699. The van der Waals surface area contributed by atoms with Crippen LogP contribution in [0.2, 0.25) is 5.04 Å². The van der Waals surface area contributed by atoms with E-state index in [0.717, 1.165) is 25.5 Å². The van der Waals surface area contributed by atoms with Crippen molar-refractivity contribution in [3.05, 3.63) is 72.8 Å². The van der Waals surface area contributed by atoms with Crippen molar-refractivity contribution in [2.24, 2.45) is 0 Å².